The zero-order chi connectivity index (χ0) is 15.3. The van der Waals surface area contributed by atoms with Crippen molar-refractivity contribution in [2.45, 2.75) is 38.7 Å². The van der Waals surface area contributed by atoms with Gasteiger partial charge in [0.1, 0.15) is 5.60 Å². The van der Waals surface area contributed by atoms with E-state index in [0.717, 1.165) is 30.4 Å². The summed E-state index contributed by atoms with van der Waals surface area (Å²) in [7, 11) is 1.69. The van der Waals surface area contributed by atoms with Crippen molar-refractivity contribution in [2.24, 2.45) is 5.73 Å². The van der Waals surface area contributed by atoms with E-state index in [1.807, 2.05) is 24.3 Å². The number of hydrogen-bond donors (Lipinski definition) is 1. The summed E-state index contributed by atoms with van der Waals surface area (Å²) in [4.78, 5) is 4.56. The summed E-state index contributed by atoms with van der Waals surface area (Å²) < 4.78 is 11.1. The minimum absolute atomic E-state index is 0.482. The lowest BCUT2D eigenvalue weighted by Gasteiger charge is -2.25. The van der Waals surface area contributed by atoms with Crippen LogP contribution in [0.4, 0.5) is 0 Å². The lowest BCUT2D eigenvalue weighted by atomic mass is 9.96. The van der Waals surface area contributed by atoms with E-state index < -0.39 is 5.60 Å². The lowest BCUT2D eigenvalue weighted by molar-refractivity contribution is -0.0306. The van der Waals surface area contributed by atoms with Crippen molar-refractivity contribution in [3.63, 3.8) is 0 Å². The first-order valence-electron chi connectivity index (χ1n) is 7.38. The highest BCUT2D eigenvalue weighted by Gasteiger charge is 2.34. The number of methoxy groups -OCH3 is 1. The molecule has 5 heteroatoms. The molecule has 114 valence electrons. The first-order valence-corrected chi connectivity index (χ1v) is 7.38. The maximum atomic E-state index is 5.66. The van der Waals surface area contributed by atoms with Crippen molar-refractivity contribution >= 4 is 0 Å². The van der Waals surface area contributed by atoms with Gasteiger partial charge in [0.05, 0.1) is 0 Å². The van der Waals surface area contributed by atoms with Gasteiger partial charge in [-0.25, -0.2) is 0 Å². The maximum absolute atomic E-state index is 5.66. The quantitative estimate of drug-likeness (QED) is 0.848. The molecule has 0 aliphatic heterocycles. The monoisotopic (exact) mass is 289 g/mol. The van der Waals surface area contributed by atoms with Gasteiger partial charge in [-0.05, 0) is 37.4 Å². The molecule has 2 rings (SSSR count). The topological polar surface area (TPSA) is 74.2 Å². The predicted molar refractivity (Wildman–Crippen MR) is 81.8 cm³/mol. The molecule has 1 aromatic heterocycles. The summed E-state index contributed by atoms with van der Waals surface area (Å²) in [6.45, 7) is 4.71. The fourth-order valence-corrected chi connectivity index (χ4v) is 2.57. The van der Waals surface area contributed by atoms with E-state index in [1.165, 1.54) is 0 Å². The number of nitrogens with two attached hydrogens (primary N) is 1. The van der Waals surface area contributed by atoms with Gasteiger partial charge in [0.15, 0.2) is 0 Å². The van der Waals surface area contributed by atoms with E-state index in [4.69, 9.17) is 15.0 Å². The minimum Gasteiger partial charge on any atom is -0.370 e. The second-order valence-electron chi connectivity index (χ2n) is 5.02. The average molecular weight is 289 g/mol. The van der Waals surface area contributed by atoms with Crippen LogP contribution >= 0.6 is 0 Å². The van der Waals surface area contributed by atoms with Crippen LogP contribution in [0.2, 0.25) is 0 Å². The number of hydrogen-bond acceptors (Lipinski definition) is 5. The summed E-state index contributed by atoms with van der Waals surface area (Å²) >= 11 is 0. The standard InChI is InChI=1S/C16H23N3O2/c1-4-16(5-2,20-3)15-18-14(21-19-15)13-9-7-6-8-12(13)10-11-17/h6-9H,4-5,10-11,17H2,1-3H3. The van der Waals surface area contributed by atoms with Crippen molar-refractivity contribution in [3.05, 3.63) is 35.7 Å². The molecule has 0 amide bonds. The molecule has 0 atom stereocenters. The molecule has 0 radical (unpaired) electrons. The minimum atomic E-state index is -0.482. The zero-order valence-corrected chi connectivity index (χ0v) is 12.9. The lowest BCUT2D eigenvalue weighted by Crippen LogP contribution is -2.28. The molecule has 0 bridgehead atoms. The van der Waals surface area contributed by atoms with Crippen LogP contribution in [0.5, 0.6) is 0 Å². The summed E-state index contributed by atoms with van der Waals surface area (Å²) in [5.41, 5.74) is 7.24. The Morgan fingerprint density at radius 1 is 1.24 bits per heavy atom. The summed E-state index contributed by atoms with van der Waals surface area (Å²) in [6.07, 6.45) is 2.37. The molecule has 0 spiro atoms. The van der Waals surface area contributed by atoms with Crippen molar-refractivity contribution in [1.82, 2.24) is 10.1 Å². The van der Waals surface area contributed by atoms with Gasteiger partial charge in [0.2, 0.25) is 5.82 Å². The van der Waals surface area contributed by atoms with Gasteiger partial charge in [-0.15, -0.1) is 0 Å². The van der Waals surface area contributed by atoms with Crippen molar-refractivity contribution in [3.8, 4) is 11.5 Å². The fourth-order valence-electron chi connectivity index (χ4n) is 2.57. The highest BCUT2D eigenvalue weighted by Crippen LogP contribution is 2.32. The Balaban J connectivity index is 2.40. The van der Waals surface area contributed by atoms with E-state index in [2.05, 4.69) is 24.0 Å². The Morgan fingerprint density at radius 2 is 1.95 bits per heavy atom. The van der Waals surface area contributed by atoms with E-state index in [-0.39, 0.29) is 0 Å². The number of aromatic nitrogens is 2. The van der Waals surface area contributed by atoms with Gasteiger partial charge in [0.25, 0.3) is 5.89 Å². The van der Waals surface area contributed by atoms with Crippen LogP contribution in [0.1, 0.15) is 38.1 Å². The Bertz CT molecular complexity index is 568. The molecule has 1 aromatic carbocycles. The molecule has 2 N–H and O–H groups in total. The van der Waals surface area contributed by atoms with Gasteiger partial charge in [0, 0.05) is 12.7 Å². The molecule has 0 fully saturated rings. The molecule has 0 saturated carbocycles. The molecule has 1 heterocycles. The van der Waals surface area contributed by atoms with Crippen LogP contribution in [-0.2, 0) is 16.8 Å². The van der Waals surface area contributed by atoms with E-state index in [0.29, 0.717) is 18.3 Å². The Hall–Kier alpha value is -1.72. The largest absolute Gasteiger partial charge is 0.370 e. The molecule has 0 unspecified atom stereocenters. The number of nitrogens with zero attached hydrogens (tertiary/aromatic N) is 2. The first-order chi connectivity index (χ1) is 10.2. The average Bonchev–Trinajstić information content (AvgIpc) is 3.01. The van der Waals surface area contributed by atoms with Crippen molar-refractivity contribution < 1.29 is 9.26 Å². The molecule has 0 aliphatic carbocycles. The zero-order valence-electron chi connectivity index (χ0n) is 12.9. The van der Waals surface area contributed by atoms with Crippen molar-refractivity contribution in [1.29, 1.82) is 0 Å². The van der Waals surface area contributed by atoms with Crippen molar-refractivity contribution in [2.75, 3.05) is 13.7 Å². The first kappa shape index (κ1) is 15.7. The second-order valence-corrected chi connectivity index (χ2v) is 5.02. The molecular weight excluding hydrogens is 266 g/mol. The Kier molecular flexibility index (Phi) is 5.09. The van der Waals surface area contributed by atoms with Gasteiger partial charge in [-0.1, -0.05) is 37.2 Å². The van der Waals surface area contributed by atoms with E-state index >= 15 is 0 Å². The number of rotatable bonds is 7. The molecule has 0 aliphatic rings. The van der Waals surface area contributed by atoms with E-state index in [1.54, 1.807) is 7.11 Å². The van der Waals surface area contributed by atoms with Gasteiger partial charge in [-0.2, -0.15) is 4.98 Å². The smallest absolute Gasteiger partial charge is 0.258 e. The Morgan fingerprint density at radius 3 is 2.57 bits per heavy atom. The molecule has 5 nitrogen and oxygen atoms in total. The van der Waals surface area contributed by atoms with E-state index in [9.17, 15) is 0 Å². The molecule has 2 aromatic rings. The van der Waals surface area contributed by atoms with Crippen LogP contribution in [0.15, 0.2) is 28.8 Å². The van der Waals surface area contributed by atoms with Gasteiger partial charge in [-0.3, -0.25) is 0 Å². The molecule has 21 heavy (non-hydrogen) atoms. The maximum Gasteiger partial charge on any atom is 0.258 e. The molecule has 0 saturated heterocycles. The second kappa shape index (κ2) is 6.83. The SMILES string of the molecule is CCC(CC)(OC)c1noc(-c2ccccc2CCN)n1. The van der Waals surface area contributed by atoms with Crippen LogP contribution in [-0.4, -0.2) is 23.8 Å². The van der Waals surface area contributed by atoms with Crippen LogP contribution in [0.3, 0.4) is 0 Å². The third-order valence-electron chi connectivity index (χ3n) is 4.03. The summed E-state index contributed by atoms with van der Waals surface area (Å²) in [5, 5.41) is 4.14. The summed E-state index contributed by atoms with van der Waals surface area (Å²) in [5.74, 6) is 1.13. The highest BCUT2D eigenvalue weighted by atomic mass is 16.5. The Labute approximate surface area is 125 Å². The van der Waals surface area contributed by atoms with Crippen LogP contribution in [0.25, 0.3) is 11.5 Å². The van der Waals surface area contributed by atoms with Gasteiger partial charge < -0.3 is 15.0 Å². The third-order valence-corrected chi connectivity index (χ3v) is 4.03. The number of benzene rings is 1. The third kappa shape index (κ3) is 2.99. The predicted octanol–water partition coefficient (Wildman–Crippen LogP) is 2.90. The summed E-state index contributed by atoms with van der Waals surface area (Å²) in [6, 6.07) is 7.97. The highest BCUT2D eigenvalue weighted by molar-refractivity contribution is 5.58. The molecular formula is C16H23N3O2. The normalized spacial score (nSPS) is 11.8. The number of ether oxygens (including phenoxy) is 1. The van der Waals surface area contributed by atoms with Crippen LogP contribution < -0.4 is 5.73 Å². The fraction of sp³-hybridized carbons (Fsp3) is 0.500. The van der Waals surface area contributed by atoms with Crippen LogP contribution in [0, 0.1) is 0 Å². The van der Waals surface area contributed by atoms with Gasteiger partial charge >= 0.3 is 0 Å².